The van der Waals surface area contributed by atoms with Crippen LogP contribution in [0.2, 0.25) is 0 Å². The molecular weight excluding hydrogens is 354 g/mol. The number of alkyl halides is 6. The molecule has 0 amide bonds. The summed E-state index contributed by atoms with van der Waals surface area (Å²) in [6.07, 6.45) is -9.50. The maximum atomic E-state index is 12.8. The summed E-state index contributed by atoms with van der Waals surface area (Å²) in [5, 5.41) is 11.3. The van der Waals surface area contributed by atoms with Gasteiger partial charge in [0.2, 0.25) is 11.8 Å². The topological polar surface area (TPSA) is 70.8 Å². The van der Waals surface area contributed by atoms with Crippen LogP contribution < -0.4 is 10.1 Å². The van der Waals surface area contributed by atoms with Crippen LogP contribution in [0.5, 0.6) is 5.88 Å². The number of anilines is 2. The molecule has 132 valence electrons. The zero-order chi connectivity index (χ0) is 18.7. The van der Waals surface area contributed by atoms with Crippen molar-refractivity contribution in [2.45, 2.75) is 12.4 Å². The quantitative estimate of drug-likeness (QED) is 0.831. The second-order valence-corrected chi connectivity index (χ2v) is 4.63. The van der Waals surface area contributed by atoms with E-state index in [0.717, 1.165) is 0 Å². The van der Waals surface area contributed by atoms with Crippen molar-refractivity contribution in [2.75, 3.05) is 11.9 Å². The molecular formula is C14H8F6N4O. The van der Waals surface area contributed by atoms with Gasteiger partial charge in [0.1, 0.15) is 5.56 Å². The molecule has 2 aromatic rings. The van der Waals surface area contributed by atoms with Crippen LogP contribution in [0.15, 0.2) is 30.5 Å². The molecule has 2 rings (SSSR count). The highest BCUT2D eigenvalue weighted by Gasteiger charge is 2.38. The van der Waals surface area contributed by atoms with E-state index >= 15 is 0 Å². The Kier molecular flexibility index (Phi) is 5.01. The number of rotatable bonds is 4. The van der Waals surface area contributed by atoms with Gasteiger partial charge in [0, 0.05) is 11.9 Å². The number of halogens is 6. The normalized spacial score (nSPS) is 11.7. The van der Waals surface area contributed by atoms with Crippen molar-refractivity contribution in [1.82, 2.24) is 9.97 Å². The van der Waals surface area contributed by atoms with E-state index in [0.29, 0.717) is 6.20 Å². The molecule has 0 fully saturated rings. The summed E-state index contributed by atoms with van der Waals surface area (Å²) in [5.74, 6) is -1.67. The van der Waals surface area contributed by atoms with Gasteiger partial charge in [-0.05, 0) is 18.2 Å². The van der Waals surface area contributed by atoms with E-state index in [1.807, 2.05) is 6.07 Å². The van der Waals surface area contributed by atoms with Crippen molar-refractivity contribution in [1.29, 1.82) is 5.26 Å². The molecule has 0 saturated heterocycles. The van der Waals surface area contributed by atoms with Crippen LogP contribution in [0.25, 0.3) is 0 Å². The molecule has 11 heteroatoms. The minimum Gasteiger partial charge on any atom is -0.467 e. The Bertz CT molecular complexity index is 797. The SMILES string of the molecule is N#Cc1cccc(Nc2ncc(C(F)(F)F)c(OCC(F)(F)F)n2)c1. The van der Waals surface area contributed by atoms with Crippen molar-refractivity contribution in [3.63, 3.8) is 0 Å². The zero-order valence-corrected chi connectivity index (χ0v) is 12.1. The standard InChI is InChI=1S/C14H8F6N4O/c15-13(16,17)7-25-11-10(14(18,19)20)6-22-12(24-11)23-9-3-1-2-8(4-9)5-21/h1-4,6H,7H2,(H,22,23,24). The average molecular weight is 362 g/mol. The van der Waals surface area contributed by atoms with Crippen LogP contribution >= 0.6 is 0 Å². The van der Waals surface area contributed by atoms with Crippen LogP contribution in [-0.4, -0.2) is 22.8 Å². The van der Waals surface area contributed by atoms with E-state index < -0.39 is 36.4 Å². The second-order valence-electron chi connectivity index (χ2n) is 4.63. The summed E-state index contributed by atoms with van der Waals surface area (Å²) in [4.78, 5) is 6.76. The number of aromatic nitrogens is 2. The minimum atomic E-state index is -4.99. The maximum Gasteiger partial charge on any atom is 0.423 e. The summed E-state index contributed by atoms with van der Waals surface area (Å²) in [6, 6.07) is 7.65. The summed E-state index contributed by atoms with van der Waals surface area (Å²) < 4.78 is 79.3. The molecule has 0 aliphatic heterocycles. The first-order valence-electron chi connectivity index (χ1n) is 6.49. The molecule has 0 saturated carbocycles. The molecule has 0 spiro atoms. The lowest BCUT2D eigenvalue weighted by Crippen LogP contribution is -2.22. The van der Waals surface area contributed by atoms with Gasteiger partial charge in [-0.1, -0.05) is 6.07 Å². The van der Waals surface area contributed by atoms with Crippen LogP contribution in [0, 0.1) is 11.3 Å². The Labute approximate surface area is 136 Å². The number of hydrogen-bond acceptors (Lipinski definition) is 5. The third-order valence-electron chi connectivity index (χ3n) is 2.68. The van der Waals surface area contributed by atoms with Gasteiger partial charge in [0.25, 0.3) is 0 Å². The van der Waals surface area contributed by atoms with Crippen molar-refractivity contribution >= 4 is 11.6 Å². The Balaban J connectivity index is 2.32. The summed E-state index contributed by atoms with van der Waals surface area (Å²) >= 11 is 0. The number of nitrogens with one attached hydrogen (secondary N) is 1. The van der Waals surface area contributed by atoms with Gasteiger partial charge < -0.3 is 10.1 Å². The number of benzene rings is 1. The number of ether oxygens (including phenoxy) is 1. The molecule has 1 heterocycles. The molecule has 0 aliphatic carbocycles. The third kappa shape index (κ3) is 5.23. The first-order chi connectivity index (χ1) is 11.6. The van der Waals surface area contributed by atoms with Crippen LogP contribution in [-0.2, 0) is 6.18 Å². The van der Waals surface area contributed by atoms with E-state index in [2.05, 4.69) is 20.0 Å². The van der Waals surface area contributed by atoms with Crippen LogP contribution in [0.1, 0.15) is 11.1 Å². The van der Waals surface area contributed by atoms with E-state index in [9.17, 15) is 26.3 Å². The second kappa shape index (κ2) is 6.84. The fourth-order valence-corrected chi connectivity index (χ4v) is 1.68. The van der Waals surface area contributed by atoms with E-state index in [1.165, 1.54) is 24.3 Å². The lowest BCUT2D eigenvalue weighted by atomic mass is 10.2. The van der Waals surface area contributed by atoms with E-state index in [1.54, 1.807) is 0 Å². The van der Waals surface area contributed by atoms with Crippen LogP contribution in [0.3, 0.4) is 0 Å². The molecule has 0 radical (unpaired) electrons. The zero-order valence-electron chi connectivity index (χ0n) is 12.1. The van der Waals surface area contributed by atoms with Gasteiger partial charge in [-0.15, -0.1) is 0 Å². The molecule has 1 N–H and O–H groups in total. The Morgan fingerprint density at radius 1 is 1.16 bits per heavy atom. The molecule has 0 bridgehead atoms. The van der Waals surface area contributed by atoms with Gasteiger partial charge >= 0.3 is 12.4 Å². The average Bonchev–Trinajstić information content (AvgIpc) is 2.51. The number of nitriles is 1. The van der Waals surface area contributed by atoms with Gasteiger partial charge in [-0.2, -0.15) is 36.6 Å². The summed E-state index contributed by atoms with van der Waals surface area (Å²) in [5.41, 5.74) is -1.01. The molecule has 0 atom stereocenters. The molecule has 1 aromatic heterocycles. The fraction of sp³-hybridized carbons (Fsp3) is 0.214. The van der Waals surface area contributed by atoms with Crippen molar-refractivity contribution in [3.8, 4) is 11.9 Å². The highest BCUT2D eigenvalue weighted by atomic mass is 19.4. The molecule has 1 aromatic carbocycles. The van der Waals surface area contributed by atoms with Gasteiger partial charge in [0.05, 0.1) is 11.6 Å². The lowest BCUT2D eigenvalue weighted by molar-refractivity contribution is -0.159. The molecule has 5 nitrogen and oxygen atoms in total. The van der Waals surface area contributed by atoms with Crippen molar-refractivity contribution in [3.05, 3.63) is 41.6 Å². The minimum absolute atomic E-state index is 0.255. The van der Waals surface area contributed by atoms with E-state index in [-0.39, 0.29) is 11.3 Å². The Morgan fingerprint density at radius 2 is 1.88 bits per heavy atom. The predicted octanol–water partition coefficient (Wildman–Crippen LogP) is 4.05. The number of nitrogens with zero attached hydrogens (tertiary/aromatic N) is 3. The molecule has 0 aliphatic rings. The fourth-order valence-electron chi connectivity index (χ4n) is 1.68. The lowest BCUT2D eigenvalue weighted by Gasteiger charge is -2.15. The Hall–Kier alpha value is -3.03. The summed E-state index contributed by atoms with van der Waals surface area (Å²) in [7, 11) is 0. The Morgan fingerprint density at radius 3 is 2.48 bits per heavy atom. The molecule has 25 heavy (non-hydrogen) atoms. The van der Waals surface area contributed by atoms with Crippen molar-refractivity contribution in [2.24, 2.45) is 0 Å². The smallest absolute Gasteiger partial charge is 0.423 e. The van der Waals surface area contributed by atoms with Crippen LogP contribution in [0.4, 0.5) is 38.0 Å². The number of hydrogen-bond donors (Lipinski definition) is 1. The third-order valence-corrected chi connectivity index (χ3v) is 2.68. The largest absolute Gasteiger partial charge is 0.467 e. The van der Waals surface area contributed by atoms with Crippen molar-refractivity contribution < 1.29 is 31.1 Å². The van der Waals surface area contributed by atoms with E-state index in [4.69, 9.17) is 5.26 Å². The van der Waals surface area contributed by atoms with Gasteiger partial charge in [-0.25, -0.2) is 4.98 Å². The monoisotopic (exact) mass is 362 g/mol. The highest BCUT2D eigenvalue weighted by Crippen LogP contribution is 2.36. The summed E-state index contributed by atoms with van der Waals surface area (Å²) in [6.45, 7) is -1.93. The first kappa shape index (κ1) is 18.3. The van der Waals surface area contributed by atoms with Gasteiger partial charge in [-0.3, -0.25) is 0 Å². The predicted molar refractivity (Wildman–Crippen MR) is 73.0 cm³/mol. The maximum absolute atomic E-state index is 12.8. The van der Waals surface area contributed by atoms with Gasteiger partial charge in [0.15, 0.2) is 6.61 Å². The first-order valence-corrected chi connectivity index (χ1v) is 6.49. The molecule has 0 unspecified atom stereocenters. The highest BCUT2D eigenvalue weighted by molar-refractivity contribution is 5.56.